The molecule has 5 rings (SSSR count). The fourth-order valence-corrected chi connectivity index (χ4v) is 8.76. The maximum atomic E-state index is 14.2. The summed E-state index contributed by atoms with van der Waals surface area (Å²) < 4.78 is 51.0. The number of aromatic nitrogens is 4. The van der Waals surface area contributed by atoms with Crippen molar-refractivity contribution in [3.05, 3.63) is 47.5 Å². The van der Waals surface area contributed by atoms with Crippen molar-refractivity contribution in [3.8, 4) is 11.1 Å². The molecule has 14 heteroatoms. The number of hydrogen-bond donors (Lipinski definition) is 2. The lowest BCUT2D eigenvalue weighted by Gasteiger charge is -2.50. The number of unbranched alkanes of at least 4 members (excludes halogenated alkanes) is 1. The van der Waals surface area contributed by atoms with Gasteiger partial charge in [0, 0.05) is 64.2 Å². The van der Waals surface area contributed by atoms with Crippen LogP contribution >= 0.6 is 0 Å². The number of nitrogens with zero attached hydrogens (tertiary/aromatic N) is 6. The first-order valence-electron chi connectivity index (χ1n) is 16.1. The first-order valence-corrected chi connectivity index (χ1v) is 21.3. The number of rotatable bonds is 16. The minimum atomic E-state index is -3.99. The number of nitrogens with one attached hydrogen (secondary N) is 1. The summed E-state index contributed by atoms with van der Waals surface area (Å²) in [6.07, 6.45) is 6.55. The molecule has 0 radical (unpaired) electrons. The third kappa shape index (κ3) is 8.02. The summed E-state index contributed by atoms with van der Waals surface area (Å²) in [5.74, 6) is -0.321. The Kier molecular flexibility index (Phi) is 10.6. The highest BCUT2D eigenvalue weighted by Gasteiger charge is 2.49. The van der Waals surface area contributed by atoms with Crippen molar-refractivity contribution < 1.29 is 22.7 Å². The fourth-order valence-electron chi connectivity index (χ4n) is 6.48. The van der Waals surface area contributed by atoms with E-state index in [-0.39, 0.29) is 29.9 Å². The normalized spacial score (nSPS) is 16.5. The summed E-state index contributed by atoms with van der Waals surface area (Å²) in [5, 5.41) is 16.9. The van der Waals surface area contributed by atoms with Gasteiger partial charge in [-0.15, -0.1) is 5.10 Å². The Morgan fingerprint density at radius 2 is 1.93 bits per heavy atom. The standard InChI is InChI=1S/C32H48FN7O4SSi/c1-38(2)20-32(14-6-7-16-41)21-39(22-32)45(42,43)31-36-30(40(37-31)23-44-17-18-46(3,4)5)35-29-26-10-8-9-24(26)11-12-27(29)25-13-15-34-28(33)19-25/h11-13,15,19,41H,6-10,14,16-18,20-23H2,1-5H3,(H,35,36,37). The monoisotopic (exact) mass is 673 g/mol. The Balaban J connectivity index is 1.47. The van der Waals surface area contributed by atoms with Gasteiger partial charge in [0.2, 0.25) is 11.9 Å². The second-order valence-electron chi connectivity index (χ2n) is 14.2. The molecule has 2 N–H and O–H groups in total. The van der Waals surface area contributed by atoms with Crippen LogP contribution in [-0.4, -0.2) is 97.5 Å². The molecule has 1 aliphatic heterocycles. The minimum Gasteiger partial charge on any atom is -0.396 e. The first kappa shape index (κ1) is 34.6. The van der Waals surface area contributed by atoms with E-state index in [0.29, 0.717) is 31.7 Å². The number of aliphatic hydroxyl groups is 1. The van der Waals surface area contributed by atoms with Crippen LogP contribution in [-0.2, 0) is 34.3 Å². The topological polar surface area (TPSA) is 126 Å². The number of ether oxygens (including phenoxy) is 1. The molecule has 2 aliphatic rings. The van der Waals surface area contributed by atoms with Crippen molar-refractivity contribution in [1.29, 1.82) is 0 Å². The van der Waals surface area contributed by atoms with E-state index >= 15 is 0 Å². The molecule has 0 amide bonds. The van der Waals surface area contributed by atoms with Gasteiger partial charge in [-0.3, -0.25) is 0 Å². The van der Waals surface area contributed by atoms with Gasteiger partial charge in [0.25, 0.3) is 15.2 Å². The smallest absolute Gasteiger partial charge is 0.284 e. The molecule has 11 nitrogen and oxygen atoms in total. The van der Waals surface area contributed by atoms with Crippen LogP contribution in [0.3, 0.4) is 0 Å². The number of benzene rings is 1. The van der Waals surface area contributed by atoms with E-state index in [9.17, 15) is 17.9 Å². The summed E-state index contributed by atoms with van der Waals surface area (Å²) >= 11 is 0. The zero-order chi connectivity index (χ0) is 33.1. The van der Waals surface area contributed by atoms with E-state index in [1.807, 2.05) is 20.2 Å². The number of sulfonamides is 1. The summed E-state index contributed by atoms with van der Waals surface area (Å²) in [4.78, 5) is 10.4. The van der Waals surface area contributed by atoms with Crippen molar-refractivity contribution in [2.24, 2.45) is 5.41 Å². The Bertz CT molecular complexity index is 1620. The third-order valence-corrected chi connectivity index (χ3v) is 12.1. The Morgan fingerprint density at radius 3 is 2.63 bits per heavy atom. The lowest BCUT2D eigenvalue weighted by atomic mass is 9.77. The molecule has 1 aliphatic carbocycles. The number of hydrogen-bond acceptors (Lipinski definition) is 9. The molecule has 1 saturated heterocycles. The zero-order valence-corrected chi connectivity index (χ0v) is 29.5. The molecule has 252 valence electrons. The van der Waals surface area contributed by atoms with Gasteiger partial charge in [-0.1, -0.05) is 38.2 Å². The largest absolute Gasteiger partial charge is 0.396 e. The molecule has 46 heavy (non-hydrogen) atoms. The van der Waals surface area contributed by atoms with Gasteiger partial charge in [-0.05, 0) is 75.0 Å². The molecule has 2 aromatic heterocycles. The first-order chi connectivity index (χ1) is 21.8. The predicted octanol–water partition coefficient (Wildman–Crippen LogP) is 4.74. The number of anilines is 2. The van der Waals surface area contributed by atoms with Crippen molar-refractivity contribution in [2.45, 2.75) is 76.1 Å². The van der Waals surface area contributed by atoms with E-state index < -0.39 is 24.0 Å². The van der Waals surface area contributed by atoms with E-state index in [4.69, 9.17) is 4.74 Å². The van der Waals surface area contributed by atoms with Crippen molar-refractivity contribution in [1.82, 2.24) is 29.0 Å². The number of aliphatic hydroxyl groups excluding tert-OH is 1. The molecule has 0 spiro atoms. The molecule has 3 heterocycles. The van der Waals surface area contributed by atoms with Crippen LogP contribution in [0.2, 0.25) is 25.7 Å². The van der Waals surface area contributed by atoms with Crippen molar-refractivity contribution in [3.63, 3.8) is 0 Å². The van der Waals surface area contributed by atoms with Crippen LogP contribution in [0.1, 0.15) is 36.8 Å². The summed E-state index contributed by atoms with van der Waals surface area (Å²) in [6, 6.07) is 8.15. The maximum absolute atomic E-state index is 14.2. The number of halogens is 1. The van der Waals surface area contributed by atoms with Crippen LogP contribution in [0, 0.1) is 11.4 Å². The Morgan fingerprint density at radius 1 is 1.15 bits per heavy atom. The lowest BCUT2D eigenvalue weighted by molar-refractivity contribution is 0.0295. The van der Waals surface area contributed by atoms with Crippen LogP contribution in [0.5, 0.6) is 0 Å². The van der Waals surface area contributed by atoms with Gasteiger partial charge in [-0.2, -0.15) is 13.7 Å². The molecule has 1 fully saturated rings. The molecule has 1 aromatic carbocycles. The van der Waals surface area contributed by atoms with Gasteiger partial charge < -0.3 is 20.1 Å². The molecule has 0 saturated carbocycles. The average Bonchev–Trinajstić information content (AvgIpc) is 3.61. The van der Waals surface area contributed by atoms with Gasteiger partial charge in [0.1, 0.15) is 6.73 Å². The third-order valence-electron chi connectivity index (χ3n) is 8.78. The summed E-state index contributed by atoms with van der Waals surface area (Å²) in [6.45, 7) is 9.01. The quantitative estimate of drug-likeness (QED) is 0.126. The van der Waals surface area contributed by atoms with Crippen molar-refractivity contribution in [2.75, 3.05) is 52.3 Å². The van der Waals surface area contributed by atoms with Crippen LogP contribution in [0.4, 0.5) is 16.0 Å². The molecule has 3 aromatic rings. The summed E-state index contributed by atoms with van der Waals surface area (Å²) in [7, 11) is -1.36. The van der Waals surface area contributed by atoms with E-state index in [2.05, 4.69) is 51.0 Å². The highest BCUT2D eigenvalue weighted by Crippen LogP contribution is 2.41. The Labute approximate surface area is 273 Å². The minimum absolute atomic E-state index is 0.0370. The van der Waals surface area contributed by atoms with Gasteiger partial charge in [-0.25, -0.2) is 18.1 Å². The highest BCUT2D eigenvalue weighted by molar-refractivity contribution is 7.89. The van der Waals surface area contributed by atoms with E-state index in [0.717, 1.165) is 61.5 Å². The molecule has 0 bridgehead atoms. The highest BCUT2D eigenvalue weighted by atomic mass is 32.2. The van der Waals surface area contributed by atoms with Crippen LogP contribution < -0.4 is 5.32 Å². The predicted molar refractivity (Wildman–Crippen MR) is 180 cm³/mol. The number of fused-ring (bicyclic) bond motifs is 1. The van der Waals surface area contributed by atoms with E-state index in [1.54, 1.807) is 6.07 Å². The second-order valence-corrected chi connectivity index (χ2v) is 21.7. The maximum Gasteiger partial charge on any atom is 0.284 e. The molecule has 0 unspecified atom stereocenters. The molecular formula is C32H48FN7O4SSi. The number of pyridine rings is 1. The van der Waals surface area contributed by atoms with Gasteiger partial charge >= 0.3 is 0 Å². The van der Waals surface area contributed by atoms with E-state index in [1.165, 1.54) is 26.8 Å². The fraction of sp³-hybridized carbons (Fsp3) is 0.594. The summed E-state index contributed by atoms with van der Waals surface area (Å²) in [5.41, 5.74) is 4.32. The molecular weight excluding hydrogens is 626 g/mol. The lowest BCUT2D eigenvalue weighted by Crippen LogP contribution is -2.61. The van der Waals surface area contributed by atoms with Gasteiger partial charge in [0.15, 0.2) is 0 Å². The van der Waals surface area contributed by atoms with Crippen LogP contribution in [0.15, 0.2) is 35.6 Å². The van der Waals surface area contributed by atoms with Crippen LogP contribution in [0.25, 0.3) is 11.1 Å². The van der Waals surface area contributed by atoms with Gasteiger partial charge in [0.05, 0.1) is 5.69 Å². The van der Waals surface area contributed by atoms with Crippen molar-refractivity contribution >= 4 is 29.7 Å². The zero-order valence-electron chi connectivity index (χ0n) is 27.7. The Hall–Kier alpha value is -2.75. The number of aryl methyl sites for hydroxylation is 1. The average molecular weight is 674 g/mol. The second kappa shape index (κ2) is 14.2. The SMILES string of the molecule is CN(C)CC1(CCCCO)CN(S(=O)(=O)c2nc(Nc3c(-c4ccnc(F)c4)ccc4c3CCC4)n(COCC[Si](C)(C)C)n2)C1. The molecule has 0 atom stereocenters.